The number of nitrogens with zero attached hydrogens (tertiary/aromatic N) is 2. The van der Waals surface area contributed by atoms with E-state index in [4.69, 9.17) is 9.47 Å². The van der Waals surface area contributed by atoms with E-state index in [9.17, 15) is 24.3 Å². The van der Waals surface area contributed by atoms with E-state index in [1.165, 1.54) is 4.90 Å². The van der Waals surface area contributed by atoms with Gasteiger partial charge in [0, 0.05) is 23.8 Å². The van der Waals surface area contributed by atoms with Crippen molar-refractivity contribution in [3.8, 4) is 0 Å². The van der Waals surface area contributed by atoms with Gasteiger partial charge in [0.2, 0.25) is 17.7 Å². The van der Waals surface area contributed by atoms with Crippen molar-refractivity contribution in [2.45, 2.75) is 105 Å². The third-order valence-corrected chi connectivity index (χ3v) is 11.3. The Labute approximate surface area is 286 Å². The molecule has 256 valence electrons. The summed E-state index contributed by atoms with van der Waals surface area (Å²) < 4.78 is 12.9. The number of allylic oxidation sites excluding steroid dienone is 1. The first kappa shape index (κ1) is 35.3. The van der Waals surface area contributed by atoms with E-state index in [1.54, 1.807) is 12.2 Å². The van der Waals surface area contributed by atoms with Crippen LogP contribution < -0.4 is 5.32 Å². The molecule has 11 heteroatoms. The predicted molar refractivity (Wildman–Crippen MR) is 180 cm³/mol. The maximum absolute atomic E-state index is 14.8. The average molecular weight is 715 g/mol. The average Bonchev–Trinajstić information content (AvgIpc) is 3.69. The number of hydrogen-bond donors (Lipinski definition) is 2. The van der Waals surface area contributed by atoms with E-state index in [1.807, 2.05) is 42.2 Å². The smallest absolute Gasteiger partial charge is 0.313 e. The second-order valence-corrected chi connectivity index (χ2v) is 14.4. The van der Waals surface area contributed by atoms with E-state index in [-0.39, 0.29) is 48.2 Å². The number of amides is 3. The van der Waals surface area contributed by atoms with Crippen LogP contribution in [0.3, 0.4) is 0 Å². The third-order valence-electron chi connectivity index (χ3n) is 10.4. The Morgan fingerprint density at radius 1 is 1.19 bits per heavy atom. The minimum Gasteiger partial charge on any atom is -0.455 e. The molecule has 10 nitrogen and oxygen atoms in total. The molecular formula is C36H48BrN3O7. The summed E-state index contributed by atoms with van der Waals surface area (Å²) in [5.74, 6) is -3.35. The Hall–Kier alpha value is -3.02. The summed E-state index contributed by atoms with van der Waals surface area (Å²) in [5.41, 5.74) is -0.570. The van der Waals surface area contributed by atoms with Crippen molar-refractivity contribution in [3.05, 3.63) is 61.2 Å². The zero-order valence-electron chi connectivity index (χ0n) is 27.2. The summed E-state index contributed by atoms with van der Waals surface area (Å²) in [6, 6.07) is 7.55. The van der Waals surface area contributed by atoms with Crippen molar-refractivity contribution in [1.82, 2.24) is 15.1 Å². The topological polar surface area (TPSA) is 125 Å². The standard InChI is InChI=1S/C36H48BrN3O7/c1-4-7-18-28(42)38-21-27(23-14-10-8-11-15-23)46-35(45)29-30-33(43)40(24(6-3)22-41)32(36(30)20-26(37)31(29)47-36)34(44)39(19-5-2)25-16-12-9-13-17-25/h4-5,8,10-11,14-15,24-27,29-32,41H,1-2,6-7,9,12-13,16-22H2,3H3,(H,38,42)/t24-,26?,27+,29-,30+,31-,32-,36+/m0/s1. The first-order valence-corrected chi connectivity index (χ1v) is 17.9. The van der Waals surface area contributed by atoms with E-state index in [0.29, 0.717) is 31.4 Å². The van der Waals surface area contributed by atoms with Crippen molar-refractivity contribution >= 4 is 39.6 Å². The van der Waals surface area contributed by atoms with Crippen LogP contribution in [-0.4, -0.2) is 93.0 Å². The lowest BCUT2D eigenvalue weighted by atomic mass is 9.70. The molecule has 8 atom stereocenters. The lowest BCUT2D eigenvalue weighted by Gasteiger charge is -2.42. The molecule has 5 rings (SSSR count). The molecule has 1 aromatic carbocycles. The number of carbonyl (C=O) groups excluding carboxylic acids is 4. The lowest BCUT2D eigenvalue weighted by molar-refractivity contribution is -0.161. The van der Waals surface area contributed by atoms with E-state index < -0.39 is 47.7 Å². The molecule has 3 amide bonds. The zero-order valence-corrected chi connectivity index (χ0v) is 28.8. The fourth-order valence-electron chi connectivity index (χ4n) is 8.17. The highest BCUT2D eigenvalue weighted by Gasteiger charge is 2.77. The van der Waals surface area contributed by atoms with Crippen LogP contribution in [0, 0.1) is 11.8 Å². The van der Waals surface area contributed by atoms with Gasteiger partial charge in [-0.1, -0.05) is 84.6 Å². The molecule has 1 saturated carbocycles. The number of esters is 1. The van der Waals surface area contributed by atoms with Gasteiger partial charge < -0.3 is 29.7 Å². The highest BCUT2D eigenvalue weighted by molar-refractivity contribution is 9.09. The van der Waals surface area contributed by atoms with Gasteiger partial charge >= 0.3 is 5.97 Å². The maximum atomic E-state index is 14.8. The van der Waals surface area contributed by atoms with Gasteiger partial charge in [-0.15, -0.1) is 13.2 Å². The third kappa shape index (κ3) is 6.81. The van der Waals surface area contributed by atoms with Crippen LogP contribution in [0.1, 0.15) is 76.4 Å². The fourth-order valence-corrected chi connectivity index (χ4v) is 9.12. The number of carbonyl (C=O) groups is 4. The van der Waals surface area contributed by atoms with Crippen LogP contribution in [0.5, 0.6) is 0 Å². The van der Waals surface area contributed by atoms with Gasteiger partial charge in [0.05, 0.1) is 37.1 Å². The van der Waals surface area contributed by atoms with Crippen LogP contribution in [0.4, 0.5) is 0 Å². The minimum absolute atomic E-state index is 0.0170. The second-order valence-electron chi connectivity index (χ2n) is 13.2. The van der Waals surface area contributed by atoms with Crippen LogP contribution in [0.15, 0.2) is 55.6 Å². The number of benzene rings is 1. The van der Waals surface area contributed by atoms with Crippen molar-refractivity contribution in [1.29, 1.82) is 0 Å². The quantitative estimate of drug-likeness (QED) is 0.158. The van der Waals surface area contributed by atoms with Crippen molar-refractivity contribution in [2.24, 2.45) is 11.8 Å². The molecule has 0 aromatic heterocycles. The highest BCUT2D eigenvalue weighted by Crippen LogP contribution is 2.61. The number of likely N-dealkylation sites (tertiary alicyclic amines) is 1. The van der Waals surface area contributed by atoms with Crippen LogP contribution in [0.25, 0.3) is 0 Å². The van der Waals surface area contributed by atoms with Gasteiger partial charge in [-0.3, -0.25) is 19.2 Å². The number of alkyl halides is 1. The minimum atomic E-state index is -1.27. The molecule has 47 heavy (non-hydrogen) atoms. The maximum Gasteiger partial charge on any atom is 0.313 e. The molecule has 1 aliphatic carbocycles. The van der Waals surface area contributed by atoms with Crippen LogP contribution in [0.2, 0.25) is 0 Å². The predicted octanol–water partition coefficient (Wildman–Crippen LogP) is 4.22. The number of halogens is 1. The fraction of sp³-hybridized carbons (Fsp3) is 0.611. The lowest BCUT2D eigenvalue weighted by Crippen LogP contribution is -2.60. The normalized spacial score (nSPS) is 29.6. The number of aliphatic hydroxyl groups is 1. The first-order valence-electron chi connectivity index (χ1n) is 17.0. The molecular weight excluding hydrogens is 666 g/mol. The number of hydrogen-bond acceptors (Lipinski definition) is 7. The molecule has 1 unspecified atom stereocenters. The monoisotopic (exact) mass is 713 g/mol. The molecule has 0 radical (unpaired) electrons. The molecule has 4 aliphatic rings. The van der Waals surface area contributed by atoms with Gasteiger partial charge in [0.15, 0.2) is 0 Å². The first-order chi connectivity index (χ1) is 22.7. The Bertz CT molecular complexity index is 1320. The molecule has 4 fully saturated rings. The van der Waals surface area contributed by atoms with Crippen molar-refractivity contribution in [2.75, 3.05) is 19.7 Å². The molecule has 1 aromatic rings. The van der Waals surface area contributed by atoms with Crippen LogP contribution >= 0.6 is 15.9 Å². The number of rotatable bonds is 15. The summed E-state index contributed by atoms with van der Waals surface area (Å²) in [5, 5.41) is 13.3. The number of ether oxygens (including phenoxy) is 2. The second kappa shape index (κ2) is 15.5. The summed E-state index contributed by atoms with van der Waals surface area (Å²) >= 11 is 3.73. The molecule has 2 N–H and O–H groups in total. The van der Waals surface area contributed by atoms with Gasteiger partial charge in [-0.2, -0.15) is 0 Å². The zero-order chi connectivity index (χ0) is 33.7. The molecule has 2 bridgehead atoms. The van der Waals surface area contributed by atoms with Gasteiger partial charge in [0.1, 0.15) is 17.7 Å². The van der Waals surface area contributed by atoms with E-state index in [2.05, 4.69) is 34.4 Å². The molecule has 1 spiro atoms. The molecule has 3 heterocycles. The van der Waals surface area contributed by atoms with Gasteiger partial charge in [-0.05, 0) is 37.7 Å². The summed E-state index contributed by atoms with van der Waals surface area (Å²) in [7, 11) is 0. The summed E-state index contributed by atoms with van der Waals surface area (Å²) in [6.07, 6.45) is 8.38. The molecule has 3 aliphatic heterocycles. The summed E-state index contributed by atoms with van der Waals surface area (Å²) in [4.78, 5) is 59.1. The number of fused-ring (bicyclic) bond motifs is 1. The Morgan fingerprint density at radius 3 is 2.55 bits per heavy atom. The van der Waals surface area contributed by atoms with E-state index in [0.717, 1.165) is 32.1 Å². The van der Waals surface area contributed by atoms with Crippen molar-refractivity contribution < 1.29 is 33.8 Å². The largest absolute Gasteiger partial charge is 0.455 e. The summed E-state index contributed by atoms with van der Waals surface area (Å²) in [6.45, 7) is 9.52. The van der Waals surface area contributed by atoms with Crippen molar-refractivity contribution in [3.63, 3.8) is 0 Å². The van der Waals surface area contributed by atoms with Crippen LogP contribution in [-0.2, 0) is 28.7 Å². The highest BCUT2D eigenvalue weighted by atomic mass is 79.9. The SMILES string of the molecule is C=CCCC(=O)NC[C@@H](OC(=O)[C@@H]1[C@H]2O[C@@]3(CC2Br)[C@H](C(=O)N(CC=C)C2CCCCC2)N([C@@H](CC)CO)C(=O)[C@@H]13)c1ccccc1. The Morgan fingerprint density at radius 2 is 1.91 bits per heavy atom. The van der Waals surface area contributed by atoms with Gasteiger partial charge in [-0.25, -0.2) is 0 Å². The van der Waals surface area contributed by atoms with Gasteiger partial charge in [0.25, 0.3) is 0 Å². The number of aliphatic hydroxyl groups excluding tert-OH is 1. The van der Waals surface area contributed by atoms with E-state index >= 15 is 0 Å². The number of nitrogens with one attached hydrogen (secondary N) is 1. The Kier molecular flexibility index (Phi) is 11.6. The Balaban J connectivity index is 1.48. The molecule has 3 saturated heterocycles.